The van der Waals surface area contributed by atoms with Crippen LogP contribution in [0.1, 0.15) is 0 Å². The van der Waals surface area contributed by atoms with Gasteiger partial charge in [0.25, 0.3) is 0 Å². The Morgan fingerprint density at radius 1 is 1.67 bits per heavy atom. The fourth-order valence-corrected chi connectivity index (χ4v) is 0.0186. The van der Waals surface area contributed by atoms with Gasteiger partial charge in [-0.1, -0.05) is 0 Å². The lowest BCUT2D eigenvalue weighted by Crippen LogP contribution is -1.48. The fraction of sp³-hybridized carbons (Fsp3) is 0. The molecule has 0 spiro atoms. The van der Waals surface area contributed by atoms with E-state index >= 15 is 0 Å². The summed E-state index contributed by atoms with van der Waals surface area (Å²) in [6.45, 7) is 0. The van der Waals surface area contributed by atoms with E-state index in [1.54, 1.807) is 0 Å². The molecule has 0 aromatic heterocycles. The highest BCUT2D eigenvalue weighted by Crippen LogP contribution is 1.45. The normalized spacial score (nSPS) is 3.33. The Balaban J connectivity index is 0. The molecule has 0 aliphatic rings. The molecule has 0 heterocycles. The van der Waals surface area contributed by atoms with Gasteiger partial charge in [0.15, 0.2) is 0 Å². The van der Waals surface area contributed by atoms with E-state index in [1.165, 1.54) is 6.07 Å². The van der Waals surface area contributed by atoms with Crippen molar-refractivity contribution in [3.8, 4) is 6.07 Å². The first kappa shape index (κ1) is 8.87. The van der Waals surface area contributed by atoms with Gasteiger partial charge in [0.1, 0.15) is 0 Å². The molecule has 0 aromatic rings. The number of hydrogen-bond donors (Lipinski definition) is 0. The van der Waals surface area contributed by atoms with Crippen molar-refractivity contribution in [3.05, 3.63) is 10.2 Å². The molecular formula is C2NO3. The molecule has 0 aromatic carbocycles. The van der Waals surface area contributed by atoms with E-state index in [9.17, 15) is 0 Å². The number of hydrogen-bond acceptors (Lipinski definition) is 2. The van der Waals surface area contributed by atoms with Gasteiger partial charge < -0.3 is 5.21 Å². The third kappa shape index (κ3) is 12.7. The molecule has 0 rings (SSSR count). The maximum absolute atomic E-state index is 8.88. The van der Waals surface area contributed by atoms with Crippen molar-refractivity contribution in [2.45, 2.75) is 0 Å². The number of carbonyl (C=O) groups excluding carboxylic acids is 1. The Labute approximate surface area is 34.1 Å². The quantitative estimate of drug-likeness (QED) is 0.302. The molecule has 0 fully saturated rings. The zero-order valence-electron chi connectivity index (χ0n) is 2.67. The van der Waals surface area contributed by atoms with Gasteiger partial charge in [-0.25, -0.2) is 0 Å². The second kappa shape index (κ2) is 9.07. The minimum Gasteiger partial charge on any atom is -0.498 e. The van der Waals surface area contributed by atoms with Crippen LogP contribution in [0.4, 0.5) is 0 Å². The first-order valence-electron chi connectivity index (χ1n) is 0.860. The summed E-state index contributed by atoms with van der Waals surface area (Å²) in [6, 6.07) is 1.38. The van der Waals surface area contributed by atoms with Gasteiger partial charge in [-0.2, -0.15) is 0 Å². The second-order valence-electron chi connectivity index (χ2n) is 0.305. The smallest absolute Gasteiger partial charge is 0.386 e. The van der Waals surface area contributed by atoms with Crippen LogP contribution in [-0.4, -0.2) is 6.29 Å². The summed E-state index contributed by atoms with van der Waals surface area (Å²) in [5.41, 5.74) is 0. The minimum atomic E-state index is 0. The van der Waals surface area contributed by atoms with E-state index in [-0.39, 0.29) is 5.48 Å². The van der Waals surface area contributed by atoms with Crippen molar-refractivity contribution in [3.63, 3.8) is 0 Å². The van der Waals surface area contributed by atoms with E-state index in [4.69, 9.17) is 10.0 Å². The second-order valence-corrected chi connectivity index (χ2v) is 0.305. The number of nitrogens with zero attached hydrogens (tertiary/aromatic N) is 1. The highest BCUT2D eigenvalue weighted by molar-refractivity contribution is 5.71. The van der Waals surface area contributed by atoms with E-state index in [1.807, 2.05) is 5.01 Å². The molecule has 6 heavy (non-hydrogen) atoms. The van der Waals surface area contributed by atoms with Crippen molar-refractivity contribution >= 4 is 6.29 Å². The third-order valence-corrected chi connectivity index (χ3v) is 0.0913. The van der Waals surface area contributed by atoms with Crippen LogP contribution in [0.5, 0.6) is 0 Å². The molecule has 0 bridgehead atoms. The van der Waals surface area contributed by atoms with Crippen LogP contribution < -0.4 is 0 Å². The molecule has 0 aliphatic heterocycles. The highest BCUT2D eigenvalue weighted by Gasteiger charge is 1.65. The van der Waals surface area contributed by atoms with Crippen LogP contribution in [0.15, 0.2) is 0 Å². The Morgan fingerprint density at radius 3 is 2.17 bits per heavy atom. The monoisotopic (exact) mass is 86.0 g/mol. The van der Waals surface area contributed by atoms with E-state index in [0.29, 0.717) is 0 Å². The first-order chi connectivity index (χ1) is 2.41. The molecule has 0 aliphatic carbocycles. The molecule has 0 saturated heterocycles. The van der Waals surface area contributed by atoms with Crippen molar-refractivity contribution in [1.82, 2.24) is 0 Å². The van der Waals surface area contributed by atoms with Gasteiger partial charge in [0, 0.05) is 10.5 Å². The number of rotatable bonds is 0. The maximum Gasteiger partial charge on any atom is 0.386 e. The molecule has 4 heteroatoms. The molecule has 0 amide bonds. The first-order valence-corrected chi connectivity index (χ1v) is 0.860. The lowest BCUT2D eigenvalue weighted by molar-refractivity contribution is 0.565. The van der Waals surface area contributed by atoms with Crippen LogP contribution in [0, 0.1) is 11.3 Å². The zero-order valence-corrected chi connectivity index (χ0v) is 2.67. The predicted octanol–water partition coefficient (Wildman–Crippen LogP) is -0.192. The fourth-order valence-electron chi connectivity index (χ4n) is 0.0186. The molecule has 0 N–H and O–H groups in total. The average Bonchev–Trinajstić information content (AvgIpc) is 1.41. The Kier molecular flexibility index (Phi) is 13.4. The highest BCUT2D eigenvalue weighted by atomic mass is 16.4. The van der Waals surface area contributed by atoms with Crippen LogP contribution in [0.25, 0.3) is 5.01 Å². The molecule has 0 unspecified atom stereocenters. The Hall–Kier alpha value is -1.08. The Bertz CT molecular complexity index is 78.5. The molecule has 0 atom stereocenters. The van der Waals surface area contributed by atoms with Crippen molar-refractivity contribution in [2.24, 2.45) is 0 Å². The summed E-state index contributed by atoms with van der Waals surface area (Å²) in [5.74, 6) is 0. The molecule has 0 saturated carbocycles. The van der Waals surface area contributed by atoms with Crippen molar-refractivity contribution in [2.75, 3.05) is 0 Å². The largest absolute Gasteiger partial charge is 0.498 e. The summed E-state index contributed by atoms with van der Waals surface area (Å²) in [5, 5.41) is 10.7. The standard InChI is InChI=1S/C2NO2.O/c4-2-1-3-5;. The maximum atomic E-state index is 8.88. The SMILES string of the molecule is O=[C]C#[N+][O-].[O]. The van der Waals surface area contributed by atoms with Crippen LogP contribution in [-0.2, 0) is 10.3 Å². The lowest BCUT2D eigenvalue weighted by atomic mass is 10.9. The Morgan fingerprint density at radius 2 is 2.17 bits per heavy atom. The predicted molar refractivity (Wildman–Crippen MR) is 17.0 cm³/mol. The van der Waals surface area contributed by atoms with Gasteiger partial charge in [0.2, 0.25) is 0 Å². The van der Waals surface area contributed by atoms with Crippen LogP contribution in [0.2, 0.25) is 0 Å². The van der Waals surface area contributed by atoms with Gasteiger partial charge in [-0.15, -0.1) is 0 Å². The summed E-state index contributed by atoms with van der Waals surface area (Å²) >= 11 is 0. The van der Waals surface area contributed by atoms with Crippen molar-refractivity contribution < 1.29 is 10.3 Å². The van der Waals surface area contributed by atoms with Gasteiger partial charge in [-0.3, -0.25) is 4.79 Å². The minimum absolute atomic E-state index is 0. The van der Waals surface area contributed by atoms with E-state index in [2.05, 4.69) is 0 Å². The summed E-state index contributed by atoms with van der Waals surface area (Å²) in [7, 11) is 0. The topological polar surface area (TPSA) is 73.0 Å². The summed E-state index contributed by atoms with van der Waals surface area (Å²) < 4.78 is 0. The molecule has 4 nitrogen and oxygen atoms in total. The molecular weight excluding hydrogens is 86.0 g/mol. The average molecular weight is 86.0 g/mol. The van der Waals surface area contributed by atoms with E-state index in [0.717, 1.165) is 6.29 Å². The van der Waals surface area contributed by atoms with Gasteiger partial charge in [-0.05, 0) is 0 Å². The van der Waals surface area contributed by atoms with Gasteiger partial charge in [0.05, 0.1) is 0 Å². The van der Waals surface area contributed by atoms with Crippen LogP contribution in [0.3, 0.4) is 0 Å². The lowest BCUT2D eigenvalue weighted by Gasteiger charge is -1.41. The summed E-state index contributed by atoms with van der Waals surface area (Å²) in [6.07, 6.45) is 1.04. The zero-order chi connectivity index (χ0) is 4.12. The third-order valence-electron chi connectivity index (χ3n) is 0.0913. The van der Waals surface area contributed by atoms with Crippen LogP contribution >= 0.6 is 0 Å². The molecule has 3 radical (unpaired) electrons. The molecule has 31 valence electrons. The van der Waals surface area contributed by atoms with E-state index < -0.39 is 0 Å². The van der Waals surface area contributed by atoms with Gasteiger partial charge >= 0.3 is 12.4 Å². The van der Waals surface area contributed by atoms with Crippen molar-refractivity contribution in [1.29, 1.82) is 0 Å². The summed E-state index contributed by atoms with van der Waals surface area (Å²) in [4.78, 5) is 8.88.